The number of hydrogen-bond acceptors (Lipinski definition) is 3. The van der Waals surface area contributed by atoms with Crippen molar-refractivity contribution in [3.8, 4) is 0 Å². The molecule has 0 radical (unpaired) electrons. The second-order valence-corrected chi connectivity index (χ2v) is 6.90. The lowest BCUT2D eigenvalue weighted by atomic mass is 9.96. The van der Waals surface area contributed by atoms with Gasteiger partial charge in [0, 0.05) is 43.5 Å². The number of rotatable bonds is 5. The second-order valence-electron chi connectivity index (χ2n) is 6.90. The number of halogens is 1. The summed E-state index contributed by atoms with van der Waals surface area (Å²) in [7, 11) is 0. The summed E-state index contributed by atoms with van der Waals surface area (Å²) in [5, 5.41) is 12.6. The van der Waals surface area contributed by atoms with E-state index in [-0.39, 0.29) is 24.1 Å². The van der Waals surface area contributed by atoms with E-state index in [0.717, 1.165) is 10.9 Å². The number of piperidine rings is 1. The van der Waals surface area contributed by atoms with Crippen LogP contribution in [0.15, 0.2) is 24.4 Å². The molecule has 1 atom stereocenters. The molecule has 1 aromatic heterocycles. The van der Waals surface area contributed by atoms with Crippen LogP contribution in [-0.2, 0) is 20.8 Å². The van der Waals surface area contributed by atoms with E-state index in [0.29, 0.717) is 31.4 Å². The fraction of sp³-hybridized carbons (Fsp3) is 0.421. The van der Waals surface area contributed by atoms with Crippen LogP contribution in [0.3, 0.4) is 0 Å². The first-order chi connectivity index (χ1) is 12.8. The molecule has 0 saturated carbocycles. The number of aromatic nitrogens is 1. The van der Waals surface area contributed by atoms with Gasteiger partial charge in [-0.3, -0.25) is 14.4 Å². The van der Waals surface area contributed by atoms with Gasteiger partial charge in [-0.15, -0.1) is 0 Å². The van der Waals surface area contributed by atoms with Crippen LogP contribution in [-0.4, -0.2) is 51.9 Å². The van der Waals surface area contributed by atoms with Crippen molar-refractivity contribution in [2.75, 3.05) is 13.1 Å². The molecule has 2 heterocycles. The van der Waals surface area contributed by atoms with Crippen molar-refractivity contribution in [2.45, 2.75) is 32.2 Å². The fourth-order valence-electron chi connectivity index (χ4n) is 3.56. The third kappa shape index (κ3) is 4.27. The summed E-state index contributed by atoms with van der Waals surface area (Å²) >= 11 is 0. The Labute approximate surface area is 155 Å². The van der Waals surface area contributed by atoms with Crippen molar-refractivity contribution in [3.63, 3.8) is 0 Å². The summed E-state index contributed by atoms with van der Waals surface area (Å²) in [6.45, 7) is 2.05. The fourth-order valence-corrected chi connectivity index (χ4v) is 3.56. The minimum Gasteiger partial charge on any atom is -0.481 e. The largest absolute Gasteiger partial charge is 0.481 e. The second kappa shape index (κ2) is 7.77. The topological polar surface area (TPSA) is 103 Å². The quantitative estimate of drug-likeness (QED) is 0.740. The molecule has 1 aliphatic heterocycles. The standard InChI is InChI=1S/C19H22FN3O4/c1-11(24)22-17(18(25)23-6-4-12(5-7-23)19(26)27)8-13-10-21-16-9-14(20)2-3-15(13)16/h2-3,9-10,12,17,21H,4-8H2,1H3,(H,22,24)(H,26,27). The van der Waals surface area contributed by atoms with E-state index >= 15 is 0 Å². The molecular weight excluding hydrogens is 353 g/mol. The highest BCUT2D eigenvalue weighted by Crippen LogP contribution is 2.22. The number of carbonyl (C=O) groups is 3. The number of amides is 2. The van der Waals surface area contributed by atoms with Crippen molar-refractivity contribution in [1.29, 1.82) is 0 Å². The molecule has 2 amide bonds. The number of aliphatic carboxylic acids is 1. The minimum atomic E-state index is -0.841. The van der Waals surface area contributed by atoms with E-state index in [1.54, 1.807) is 17.2 Å². The molecule has 8 heteroatoms. The van der Waals surface area contributed by atoms with Crippen LogP contribution < -0.4 is 5.32 Å². The van der Waals surface area contributed by atoms with E-state index in [4.69, 9.17) is 5.11 Å². The normalized spacial score (nSPS) is 16.3. The number of carboxylic acid groups (broad SMARTS) is 1. The Bertz CT molecular complexity index is 871. The molecule has 2 aromatic rings. The molecule has 7 nitrogen and oxygen atoms in total. The molecule has 0 bridgehead atoms. The third-order valence-electron chi connectivity index (χ3n) is 4.98. The molecule has 1 fully saturated rings. The van der Waals surface area contributed by atoms with E-state index in [9.17, 15) is 18.8 Å². The molecule has 1 saturated heterocycles. The SMILES string of the molecule is CC(=O)NC(Cc1c[nH]c2cc(F)ccc12)C(=O)N1CCC(C(=O)O)CC1. The van der Waals surface area contributed by atoms with Crippen molar-refractivity contribution in [2.24, 2.45) is 5.92 Å². The number of nitrogens with zero attached hydrogens (tertiary/aromatic N) is 1. The van der Waals surface area contributed by atoms with Gasteiger partial charge in [-0.25, -0.2) is 4.39 Å². The summed E-state index contributed by atoms with van der Waals surface area (Å²) in [5.41, 5.74) is 1.43. The van der Waals surface area contributed by atoms with Crippen LogP contribution in [0.1, 0.15) is 25.3 Å². The lowest BCUT2D eigenvalue weighted by Gasteiger charge is -2.33. The van der Waals surface area contributed by atoms with Crippen molar-refractivity contribution in [1.82, 2.24) is 15.2 Å². The monoisotopic (exact) mass is 375 g/mol. The average Bonchev–Trinajstić information content (AvgIpc) is 3.02. The molecule has 1 aromatic carbocycles. The number of benzene rings is 1. The smallest absolute Gasteiger partial charge is 0.306 e. The van der Waals surface area contributed by atoms with Gasteiger partial charge in [0.15, 0.2) is 0 Å². The summed E-state index contributed by atoms with van der Waals surface area (Å²) < 4.78 is 13.4. The Morgan fingerprint density at radius 2 is 2.04 bits per heavy atom. The minimum absolute atomic E-state index is 0.231. The number of fused-ring (bicyclic) bond motifs is 1. The first-order valence-electron chi connectivity index (χ1n) is 8.89. The summed E-state index contributed by atoms with van der Waals surface area (Å²) in [4.78, 5) is 40.2. The van der Waals surface area contributed by atoms with Gasteiger partial charge >= 0.3 is 5.97 Å². The molecule has 1 unspecified atom stereocenters. The Kier molecular flexibility index (Phi) is 5.43. The molecule has 0 spiro atoms. The van der Waals surface area contributed by atoms with E-state index in [1.807, 2.05) is 0 Å². The van der Waals surface area contributed by atoms with Crippen LogP contribution in [0.5, 0.6) is 0 Å². The lowest BCUT2D eigenvalue weighted by molar-refractivity contribution is -0.146. The van der Waals surface area contributed by atoms with E-state index in [2.05, 4.69) is 10.3 Å². The zero-order valence-electron chi connectivity index (χ0n) is 15.0. The summed E-state index contributed by atoms with van der Waals surface area (Å²) in [6.07, 6.45) is 2.78. The Morgan fingerprint density at radius 3 is 2.67 bits per heavy atom. The Hall–Kier alpha value is -2.90. The zero-order chi connectivity index (χ0) is 19.6. The summed E-state index contributed by atoms with van der Waals surface area (Å²) in [6, 6.07) is 3.62. The highest BCUT2D eigenvalue weighted by molar-refractivity contribution is 5.89. The molecule has 3 N–H and O–H groups in total. The highest BCUT2D eigenvalue weighted by Gasteiger charge is 2.31. The van der Waals surface area contributed by atoms with Crippen molar-refractivity contribution >= 4 is 28.7 Å². The van der Waals surface area contributed by atoms with Crippen LogP contribution in [0, 0.1) is 11.7 Å². The number of hydrogen-bond donors (Lipinski definition) is 3. The number of carbonyl (C=O) groups excluding carboxylic acids is 2. The maximum absolute atomic E-state index is 13.4. The molecule has 3 rings (SSSR count). The number of H-pyrrole nitrogens is 1. The van der Waals surface area contributed by atoms with Gasteiger partial charge in [-0.2, -0.15) is 0 Å². The lowest BCUT2D eigenvalue weighted by Crippen LogP contribution is -2.51. The number of nitrogens with one attached hydrogen (secondary N) is 2. The maximum atomic E-state index is 13.4. The molecule has 0 aliphatic carbocycles. The number of carboxylic acids is 1. The number of aromatic amines is 1. The maximum Gasteiger partial charge on any atom is 0.306 e. The highest BCUT2D eigenvalue weighted by atomic mass is 19.1. The van der Waals surface area contributed by atoms with Crippen LogP contribution >= 0.6 is 0 Å². The van der Waals surface area contributed by atoms with Gasteiger partial charge < -0.3 is 20.3 Å². The summed E-state index contributed by atoms with van der Waals surface area (Å²) in [5.74, 6) is -2.18. The van der Waals surface area contributed by atoms with E-state index < -0.39 is 17.9 Å². The predicted octanol–water partition coefficient (Wildman–Crippen LogP) is 1.68. The van der Waals surface area contributed by atoms with Gasteiger partial charge in [-0.05, 0) is 36.6 Å². The predicted molar refractivity (Wildman–Crippen MR) is 96.5 cm³/mol. The first-order valence-corrected chi connectivity index (χ1v) is 8.89. The van der Waals surface area contributed by atoms with Gasteiger partial charge in [0.2, 0.25) is 11.8 Å². The molecular formula is C19H22FN3O4. The Balaban J connectivity index is 1.76. The average molecular weight is 375 g/mol. The van der Waals surface area contributed by atoms with Crippen LogP contribution in [0.2, 0.25) is 0 Å². The van der Waals surface area contributed by atoms with Gasteiger partial charge in [0.1, 0.15) is 11.9 Å². The molecule has 144 valence electrons. The van der Waals surface area contributed by atoms with Gasteiger partial charge in [-0.1, -0.05) is 0 Å². The Morgan fingerprint density at radius 1 is 1.33 bits per heavy atom. The van der Waals surface area contributed by atoms with Crippen LogP contribution in [0.4, 0.5) is 4.39 Å². The number of likely N-dealkylation sites (tertiary alicyclic amines) is 1. The third-order valence-corrected chi connectivity index (χ3v) is 4.98. The van der Waals surface area contributed by atoms with Crippen LogP contribution in [0.25, 0.3) is 10.9 Å². The van der Waals surface area contributed by atoms with Crippen molar-refractivity contribution in [3.05, 3.63) is 35.8 Å². The van der Waals surface area contributed by atoms with E-state index in [1.165, 1.54) is 19.1 Å². The van der Waals surface area contributed by atoms with Gasteiger partial charge in [0.25, 0.3) is 0 Å². The molecule has 1 aliphatic rings. The first kappa shape index (κ1) is 18.9. The molecule has 27 heavy (non-hydrogen) atoms. The zero-order valence-corrected chi connectivity index (χ0v) is 15.0. The van der Waals surface area contributed by atoms with Crippen molar-refractivity contribution < 1.29 is 23.9 Å². The van der Waals surface area contributed by atoms with Gasteiger partial charge in [0.05, 0.1) is 5.92 Å².